The van der Waals surface area contributed by atoms with E-state index in [0.717, 1.165) is 5.56 Å². The zero-order valence-corrected chi connectivity index (χ0v) is 20.5. The number of nitrogens with zero attached hydrogens (tertiary/aromatic N) is 1. The largest absolute Gasteiger partial charge is 0.493 e. The van der Waals surface area contributed by atoms with Gasteiger partial charge in [-0.1, -0.05) is 18.2 Å². The van der Waals surface area contributed by atoms with E-state index in [4.69, 9.17) is 14.2 Å². The van der Waals surface area contributed by atoms with E-state index in [1.165, 1.54) is 7.05 Å². The number of fused-ring (bicyclic) bond motifs is 1. The van der Waals surface area contributed by atoms with Gasteiger partial charge in [0.2, 0.25) is 0 Å². The van der Waals surface area contributed by atoms with Crippen molar-refractivity contribution in [3.8, 4) is 22.8 Å². The predicted octanol–water partition coefficient (Wildman–Crippen LogP) is 4.07. The van der Waals surface area contributed by atoms with Crippen LogP contribution in [-0.2, 0) is 9.53 Å². The van der Waals surface area contributed by atoms with Gasteiger partial charge in [-0.3, -0.25) is 9.59 Å². The van der Waals surface area contributed by atoms with E-state index in [9.17, 15) is 14.4 Å². The van der Waals surface area contributed by atoms with Crippen LogP contribution in [0.15, 0.2) is 72.8 Å². The van der Waals surface area contributed by atoms with Crippen LogP contribution >= 0.6 is 0 Å². The van der Waals surface area contributed by atoms with Crippen LogP contribution in [0, 0.1) is 0 Å². The van der Waals surface area contributed by atoms with Crippen LogP contribution < -0.4 is 20.1 Å². The second kappa shape index (κ2) is 11.2. The number of ether oxygens (including phenoxy) is 3. The number of esters is 1. The molecular weight excluding hydrogens is 474 g/mol. The molecule has 0 spiro atoms. The van der Waals surface area contributed by atoms with Crippen LogP contribution in [0.5, 0.6) is 11.5 Å². The van der Waals surface area contributed by atoms with Crippen LogP contribution in [0.2, 0.25) is 0 Å². The molecule has 0 bridgehead atoms. The Bertz CT molecular complexity index is 1470. The monoisotopic (exact) mass is 499 g/mol. The molecule has 0 aliphatic carbocycles. The Labute approximate surface area is 213 Å². The van der Waals surface area contributed by atoms with Crippen molar-refractivity contribution < 1.29 is 28.6 Å². The van der Waals surface area contributed by atoms with Crippen molar-refractivity contribution in [2.45, 2.75) is 0 Å². The summed E-state index contributed by atoms with van der Waals surface area (Å²) in [6.07, 6.45) is 0. The summed E-state index contributed by atoms with van der Waals surface area (Å²) >= 11 is 0. The van der Waals surface area contributed by atoms with E-state index in [-0.39, 0.29) is 11.5 Å². The summed E-state index contributed by atoms with van der Waals surface area (Å²) in [7, 11) is 4.63. The summed E-state index contributed by atoms with van der Waals surface area (Å²) in [5.74, 6) is -0.311. The second-order valence-corrected chi connectivity index (χ2v) is 7.92. The summed E-state index contributed by atoms with van der Waals surface area (Å²) in [5, 5.41) is 5.77. The number of carbonyl (C=O) groups excluding carboxylic acids is 3. The summed E-state index contributed by atoms with van der Waals surface area (Å²) < 4.78 is 16.0. The Morgan fingerprint density at radius 1 is 0.865 bits per heavy atom. The highest BCUT2D eigenvalue weighted by Crippen LogP contribution is 2.33. The highest BCUT2D eigenvalue weighted by molar-refractivity contribution is 6.05. The van der Waals surface area contributed by atoms with E-state index >= 15 is 0 Å². The number of nitrogens with one attached hydrogen (secondary N) is 2. The number of benzene rings is 3. The number of amides is 2. The molecule has 0 atom stereocenters. The van der Waals surface area contributed by atoms with Gasteiger partial charge in [0.1, 0.15) is 0 Å². The maximum Gasteiger partial charge on any atom is 0.339 e. The Morgan fingerprint density at radius 3 is 2.30 bits per heavy atom. The number of rotatable bonds is 8. The van der Waals surface area contributed by atoms with Gasteiger partial charge < -0.3 is 24.8 Å². The predicted molar refractivity (Wildman–Crippen MR) is 139 cm³/mol. The van der Waals surface area contributed by atoms with Gasteiger partial charge in [0.05, 0.1) is 31.0 Å². The maximum absolute atomic E-state index is 13.1. The molecule has 188 valence electrons. The lowest BCUT2D eigenvalue weighted by molar-refractivity contribution is -0.119. The van der Waals surface area contributed by atoms with Crippen molar-refractivity contribution in [3.63, 3.8) is 0 Å². The number of hydrogen-bond acceptors (Lipinski definition) is 7. The molecule has 0 saturated carbocycles. The zero-order valence-electron chi connectivity index (χ0n) is 20.5. The van der Waals surface area contributed by atoms with E-state index in [0.29, 0.717) is 39.3 Å². The molecular formula is C28H25N3O6. The summed E-state index contributed by atoms with van der Waals surface area (Å²) in [4.78, 5) is 41.8. The number of carbonyl (C=O) groups is 3. The second-order valence-electron chi connectivity index (χ2n) is 7.92. The highest BCUT2D eigenvalue weighted by Gasteiger charge is 2.18. The number of anilines is 1. The third-order valence-corrected chi connectivity index (χ3v) is 5.61. The molecule has 0 aliphatic heterocycles. The number of hydrogen-bond donors (Lipinski definition) is 2. The van der Waals surface area contributed by atoms with Crippen LogP contribution in [-0.4, -0.2) is 50.6 Å². The van der Waals surface area contributed by atoms with E-state index in [1.54, 1.807) is 74.9 Å². The van der Waals surface area contributed by atoms with Crippen molar-refractivity contribution in [2.75, 3.05) is 33.2 Å². The quantitative estimate of drug-likeness (QED) is 0.351. The van der Waals surface area contributed by atoms with Crippen LogP contribution in [0.1, 0.15) is 20.7 Å². The molecule has 0 unspecified atom stereocenters. The fourth-order valence-electron chi connectivity index (χ4n) is 3.74. The Kier molecular flexibility index (Phi) is 7.63. The summed E-state index contributed by atoms with van der Waals surface area (Å²) in [6, 6.07) is 20.5. The minimum Gasteiger partial charge on any atom is -0.493 e. The van der Waals surface area contributed by atoms with Gasteiger partial charge >= 0.3 is 5.97 Å². The maximum atomic E-state index is 13.1. The number of aromatic nitrogens is 1. The van der Waals surface area contributed by atoms with Crippen molar-refractivity contribution in [1.29, 1.82) is 0 Å². The van der Waals surface area contributed by atoms with Crippen LogP contribution in [0.25, 0.3) is 22.2 Å². The lowest BCUT2D eigenvalue weighted by Gasteiger charge is -2.12. The minimum absolute atomic E-state index is 0.233. The van der Waals surface area contributed by atoms with E-state index < -0.39 is 18.5 Å². The SMILES string of the molecule is CNC(=O)c1ccc(NC(=O)COC(=O)c2cc(-c3ccc(OC)c(OC)c3)nc3ccccc23)cc1. The fourth-order valence-corrected chi connectivity index (χ4v) is 3.74. The van der Waals surface area contributed by atoms with Crippen molar-refractivity contribution >= 4 is 34.4 Å². The third-order valence-electron chi connectivity index (χ3n) is 5.61. The van der Waals surface area contributed by atoms with Gasteiger partial charge in [0, 0.05) is 29.2 Å². The zero-order chi connectivity index (χ0) is 26.4. The van der Waals surface area contributed by atoms with Gasteiger partial charge in [-0.25, -0.2) is 9.78 Å². The lowest BCUT2D eigenvalue weighted by Crippen LogP contribution is -2.21. The first-order valence-electron chi connectivity index (χ1n) is 11.3. The molecule has 2 N–H and O–H groups in total. The first-order valence-corrected chi connectivity index (χ1v) is 11.3. The first-order chi connectivity index (χ1) is 17.9. The molecule has 0 saturated heterocycles. The molecule has 0 radical (unpaired) electrons. The fraction of sp³-hybridized carbons (Fsp3) is 0.143. The smallest absolute Gasteiger partial charge is 0.339 e. The molecule has 0 aliphatic rings. The van der Waals surface area contributed by atoms with Gasteiger partial charge in [-0.15, -0.1) is 0 Å². The molecule has 37 heavy (non-hydrogen) atoms. The Morgan fingerprint density at radius 2 is 1.59 bits per heavy atom. The number of methoxy groups -OCH3 is 2. The van der Waals surface area contributed by atoms with Crippen molar-refractivity contribution in [2.24, 2.45) is 0 Å². The summed E-state index contributed by atoms with van der Waals surface area (Å²) in [6.45, 7) is -0.488. The van der Waals surface area contributed by atoms with Crippen molar-refractivity contribution in [1.82, 2.24) is 10.3 Å². The average Bonchev–Trinajstić information content (AvgIpc) is 2.94. The third kappa shape index (κ3) is 5.67. The Hall–Kier alpha value is -4.92. The van der Waals surface area contributed by atoms with Gasteiger partial charge in [-0.2, -0.15) is 0 Å². The van der Waals surface area contributed by atoms with Crippen molar-refractivity contribution in [3.05, 3.63) is 83.9 Å². The van der Waals surface area contributed by atoms with E-state index in [1.807, 2.05) is 12.1 Å². The van der Waals surface area contributed by atoms with E-state index in [2.05, 4.69) is 15.6 Å². The van der Waals surface area contributed by atoms with Crippen LogP contribution in [0.4, 0.5) is 5.69 Å². The topological polar surface area (TPSA) is 116 Å². The number of para-hydroxylation sites is 1. The highest BCUT2D eigenvalue weighted by atomic mass is 16.5. The van der Waals surface area contributed by atoms with Gasteiger partial charge in [0.25, 0.3) is 11.8 Å². The molecule has 2 amide bonds. The molecule has 0 fully saturated rings. The molecule has 3 aromatic carbocycles. The number of pyridine rings is 1. The average molecular weight is 500 g/mol. The normalized spacial score (nSPS) is 10.5. The molecule has 4 aromatic rings. The van der Waals surface area contributed by atoms with Crippen LogP contribution in [0.3, 0.4) is 0 Å². The molecule has 1 aromatic heterocycles. The summed E-state index contributed by atoms with van der Waals surface area (Å²) in [5.41, 5.74) is 3.06. The molecule has 9 nitrogen and oxygen atoms in total. The first kappa shape index (κ1) is 25.2. The van der Waals surface area contributed by atoms with Gasteiger partial charge in [-0.05, 0) is 54.6 Å². The molecule has 9 heteroatoms. The standard InChI is InChI=1S/C28H25N3O6/c1-29-27(33)17-8-11-19(12-9-17)30-26(32)16-37-28(34)21-15-23(31-22-7-5-4-6-20(21)22)18-10-13-24(35-2)25(14-18)36-3/h4-15H,16H2,1-3H3,(H,29,33)(H,30,32). The molecule has 1 heterocycles. The Balaban J connectivity index is 1.53. The minimum atomic E-state index is -0.662. The molecule has 4 rings (SSSR count). The lowest BCUT2D eigenvalue weighted by atomic mass is 10.0. The van der Waals surface area contributed by atoms with Gasteiger partial charge in [0.15, 0.2) is 18.1 Å².